The summed E-state index contributed by atoms with van der Waals surface area (Å²) in [6, 6.07) is 0. The predicted octanol–water partition coefficient (Wildman–Crippen LogP) is 2.22. The maximum Gasteiger partial charge on any atom is 0.0522 e. The quantitative estimate of drug-likeness (QED) is 0.794. The zero-order valence-corrected chi connectivity index (χ0v) is 9.55. The molecule has 0 amide bonds. The first-order chi connectivity index (χ1) is 7.42. The van der Waals surface area contributed by atoms with E-state index in [-0.39, 0.29) is 0 Å². The van der Waals surface area contributed by atoms with E-state index in [2.05, 4.69) is 15.5 Å². The van der Waals surface area contributed by atoms with Crippen LogP contribution in [0.5, 0.6) is 0 Å². The molecule has 0 spiro atoms. The molecule has 0 aliphatic heterocycles. The molecule has 1 aliphatic rings. The number of hydrogen-bond donors (Lipinski definition) is 2. The highest BCUT2D eigenvalue weighted by atomic mass is 15.1. The Morgan fingerprint density at radius 1 is 1.40 bits per heavy atom. The monoisotopic (exact) mass is 207 g/mol. The number of nitrogens with one attached hydrogen (secondary N) is 2. The minimum atomic E-state index is 0.744. The second-order valence-corrected chi connectivity index (χ2v) is 4.50. The number of aromatic amines is 1. The predicted molar refractivity (Wildman–Crippen MR) is 62.0 cm³/mol. The minimum absolute atomic E-state index is 0.744. The van der Waals surface area contributed by atoms with E-state index in [0.29, 0.717) is 0 Å². The van der Waals surface area contributed by atoms with E-state index in [1.54, 1.807) is 0 Å². The molecule has 1 aromatic heterocycles. The van der Waals surface area contributed by atoms with Gasteiger partial charge in [0.05, 0.1) is 6.20 Å². The molecule has 1 fully saturated rings. The standard InChI is InChI=1S/C12H21N3/c1-13-8-7-11-9-14-15-12(11)10-5-3-2-4-6-10/h9-10,13H,2-8H2,1H3,(H,14,15). The summed E-state index contributed by atoms with van der Waals surface area (Å²) in [7, 11) is 2.00. The van der Waals surface area contributed by atoms with Crippen LogP contribution in [0.3, 0.4) is 0 Å². The Labute approximate surface area is 91.7 Å². The second-order valence-electron chi connectivity index (χ2n) is 4.50. The molecular formula is C12H21N3. The molecule has 0 aromatic carbocycles. The molecule has 1 aliphatic carbocycles. The first-order valence-electron chi connectivity index (χ1n) is 6.08. The van der Waals surface area contributed by atoms with Crippen LogP contribution in [0.2, 0.25) is 0 Å². The van der Waals surface area contributed by atoms with Gasteiger partial charge in [0.2, 0.25) is 0 Å². The molecule has 0 unspecified atom stereocenters. The fourth-order valence-electron chi connectivity index (χ4n) is 2.52. The highest BCUT2D eigenvalue weighted by molar-refractivity contribution is 5.21. The summed E-state index contributed by atoms with van der Waals surface area (Å²) >= 11 is 0. The van der Waals surface area contributed by atoms with Crippen LogP contribution in [0.4, 0.5) is 0 Å². The topological polar surface area (TPSA) is 40.7 Å². The van der Waals surface area contributed by atoms with Gasteiger partial charge in [-0.2, -0.15) is 5.10 Å². The molecule has 0 radical (unpaired) electrons. The van der Waals surface area contributed by atoms with Gasteiger partial charge in [0.25, 0.3) is 0 Å². The van der Waals surface area contributed by atoms with E-state index in [0.717, 1.165) is 18.9 Å². The van der Waals surface area contributed by atoms with Crippen LogP contribution in [-0.4, -0.2) is 23.8 Å². The summed E-state index contributed by atoms with van der Waals surface area (Å²) in [4.78, 5) is 0. The number of H-pyrrole nitrogens is 1. The van der Waals surface area contributed by atoms with Crippen molar-refractivity contribution in [3.8, 4) is 0 Å². The van der Waals surface area contributed by atoms with E-state index in [4.69, 9.17) is 0 Å². The molecular weight excluding hydrogens is 186 g/mol. The van der Waals surface area contributed by atoms with Crippen molar-refractivity contribution in [3.05, 3.63) is 17.5 Å². The van der Waals surface area contributed by atoms with Crippen LogP contribution >= 0.6 is 0 Å². The highest BCUT2D eigenvalue weighted by Crippen LogP contribution is 2.33. The summed E-state index contributed by atoms with van der Waals surface area (Å²) in [5, 5.41) is 10.6. The van der Waals surface area contributed by atoms with Crippen molar-refractivity contribution >= 4 is 0 Å². The maximum absolute atomic E-state index is 4.20. The highest BCUT2D eigenvalue weighted by Gasteiger charge is 2.19. The van der Waals surface area contributed by atoms with Crippen LogP contribution in [0.25, 0.3) is 0 Å². The number of nitrogens with zero attached hydrogens (tertiary/aromatic N) is 1. The molecule has 2 N–H and O–H groups in total. The fourth-order valence-corrected chi connectivity index (χ4v) is 2.52. The molecule has 15 heavy (non-hydrogen) atoms. The third-order valence-corrected chi connectivity index (χ3v) is 3.41. The molecule has 0 bridgehead atoms. The van der Waals surface area contributed by atoms with Crippen LogP contribution < -0.4 is 5.32 Å². The summed E-state index contributed by atoms with van der Waals surface area (Å²) in [6.45, 7) is 1.04. The van der Waals surface area contributed by atoms with Gasteiger partial charge in [0.1, 0.15) is 0 Å². The Kier molecular flexibility index (Phi) is 3.78. The molecule has 3 heteroatoms. The Bertz CT molecular complexity index is 287. The lowest BCUT2D eigenvalue weighted by atomic mass is 9.85. The van der Waals surface area contributed by atoms with Gasteiger partial charge in [-0.1, -0.05) is 19.3 Å². The summed E-state index contributed by atoms with van der Waals surface area (Å²) < 4.78 is 0. The fraction of sp³-hybridized carbons (Fsp3) is 0.750. The van der Waals surface area contributed by atoms with Gasteiger partial charge in [-0.15, -0.1) is 0 Å². The van der Waals surface area contributed by atoms with E-state index < -0.39 is 0 Å². The molecule has 3 nitrogen and oxygen atoms in total. The number of likely N-dealkylation sites (N-methyl/N-ethyl adjacent to an activating group) is 1. The molecule has 0 atom stereocenters. The molecule has 0 saturated heterocycles. The van der Waals surface area contributed by atoms with Gasteiger partial charge >= 0.3 is 0 Å². The van der Waals surface area contributed by atoms with Crippen molar-refractivity contribution in [2.24, 2.45) is 0 Å². The van der Waals surface area contributed by atoms with Crippen molar-refractivity contribution in [1.82, 2.24) is 15.5 Å². The SMILES string of the molecule is CNCCc1cn[nH]c1C1CCCCC1. The van der Waals surface area contributed by atoms with Crippen LogP contribution in [0, 0.1) is 0 Å². The van der Waals surface area contributed by atoms with Gasteiger partial charge in [-0.25, -0.2) is 0 Å². The van der Waals surface area contributed by atoms with Gasteiger partial charge in [-0.05, 0) is 38.4 Å². The lowest BCUT2D eigenvalue weighted by molar-refractivity contribution is 0.434. The van der Waals surface area contributed by atoms with Gasteiger partial charge in [0.15, 0.2) is 0 Å². The normalized spacial score (nSPS) is 18.2. The van der Waals surface area contributed by atoms with Crippen molar-refractivity contribution in [2.45, 2.75) is 44.4 Å². The third-order valence-electron chi connectivity index (χ3n) is 3.41. The molecule has 1 saturated carbocycles. The molecule has 1 heterocycles. The van der Waals surface area contributed by atoms with E-state index in [9.17, 15) is 0 Å². The molecule has 2 rings (SSSR count). The summed E-state index contributed by atoms with van der Waals surface area (Å²) in [5.74, 6) is 0.744. The Morgan fingerprint density at radius 2 is 2.20 bits per heavy atom. The maximum atomic E-state index is 4.20. The number of hydrogen-bond acceptors (Lipinski definition) is 2. The summed E-state index contributed by atoms with van der Waals surface area (Å²) in [6.07, 6.45) is 9.96. The van der Waals surface area contributed by atoms with Gasteiger partial charge < -0.3 is 5.32 Å². The number of aromatic nitrogens is 2. The Hall–Kier alpha value is -0.830. The van der Waals surface area contributed by atoms with Crippen LogP contribution in [-0.2, 0) is 6.42 Å². The average molecular weight is 207 g/mol. The van der Waals surface area contributed by atoms with Crippen LogP contribution in [0.15, 0.2) is 6.20 Å². The van der Waals surface area contributed by atoms with Gasteiger partial charge in [0, 0.05) is 11.6 Å². The molecule has 84 valence electrons. The van der Waals surface area contributed by atoms with Crippen LogP contribution in [0.1, 0.15) is 49.3 Å². The van der Waals surface area contributed by atoms with Crippen molar-refractivity contribution in [3.63, 3.8) is 0 Å². The Balaban J connectivity index is 2.02. The van der Waals surface area contributed by atoms with Crippen molar-refractivity contribution in [2.75, 3.05) is 13.6 Å². The molecule has 1 aromatic rings. The average Bonchev–Trinajstić information content (AvgIpc) is 2.75. The minimum Gasteiger partial charge on any atom is -0.319 e. The second kappa shape index (κ2) is 5.31. The van der Waals surface area contributed by atoms with Crippen molar-refractivity contribution in [1.29, 1.82) is 0 Å². The zero-order valence-electron chi connectivity index (χ0n) is 9.55. The number of rotatable bonds is 4. The smallest absolute Gasteiger partial charge is 0.0522 e. The zero-order chi connectivity index (χ0) is 10.5. The van der Waals surface area contributed by atoms with Crippen molar-refractivity contribution < 1.29 is 0 Å². The van der Waals surface area contributed by atoms with E-state index in [1.165, 1.54) is 43.4 Å². The first kappa shape index (κ1) is 10.7. The third kappa shape index (κ3) is 2.59. The van der Waals surface area contributed by atoms with E-state index in [1.807, 2.05) is 13.2 Å². The first-order valence-corrected chi connectivity index (χ1v) is 6.08. The van der Waals surface area contributed by atoms with Gasteiger partial charge in [-0.3, -0.25) is 5.10 Å². The summed E-state index contributed by atoms with van der Waals surface area (Å²) in [5.41, 5.74) is 2.82. The lowest BCUT2D eigenvalue weighted by Gasteiger charge is -2.21. The largest absolute Gasteiger partial charge is 0.319 e. The van der Waals surface area contributed by atoms with E-state index >= 15 is 0 Å². The Morgan fingerprint density at radius 3 is 2.93 bits per heavy atom. The lowest BCUT2D eigenvalue weighted by Crippen LogP contribution is -2.13.